The summed E-state index contributed by atoms with van der Waals surface area (Å²) in [5, 5.41) is 3.12. The van der Waals surface area contributed by atoms with E-state index in [4.69, 9.17) is 0 Å². The summed E-state index contributed by atoms with van der Waals surface area (Å²) in [4.78, 5) is 4.26. The third-order valence-corrected chi connectivity index (χ3v) is 2.82. The third kappa shape index (κ3) is 2.90. The number of pyridine rings is 1. The van der Waals surface area contributed by atoms with E-state index in [0.717, 1.165) is 17.3 Å². The number of likely N-dealkylation sites (N-methyl/N-ethyl adjacent to an activating group) is 1. The minimum atomic E-state index is -0.822. The van der Waals surface area contributed by atoms with Crippen LogP contribution in [0.15, 0.2) is 42.6 Å². The van der Waals surface area contributed by atoms with Gasteiger partial charge in [0.15, 0.2) is 11.6 Å². The molecule has 2 aromatic rings. The van der Waals surface area contributed by atoms with E-state index in [1.54, 1.807) is 12.3 Å². The van der Waals surface area contributed by atoms with Gasteiger partial charge in [0.25, 0.3) is 0 Å². The van der Waals surface area contributed by atoms with Crippen LogP contribution in [0.3, 0.4) is 0 Å². The fourth-order valence-electron chi connectivity index (χ4n) is 1.84. The van der Waals surface area contributed by atoms with E-state index in [-0.39, 0.29) is 6.04 Å². The van der Waals surface area contributed by atoms with Crippen LogP contribution in [-0.4, -0.2) is 12.0 Å². The van der Waals surface area contributed by atoms with E-state index in [0.29, 0.717) is 6.42 Å². The van der Waals surface area contributed by atoms with E-state index >= 15 is 0 Å². The molecular formula is C14H14F2N2. The van der Waals surface area contributed by atoms with E-state index in [9.17, 15) is 8.78 Å². The minimum Gasteiger partial charge on any atom is -0.311 e. The first-order chi connectivity index (χ1) is 8.70. The molecule has 0 amide bonds. The lowest BCUT2D eigenvalue weighted by Crippen LogP contribution is -2.20. The van der Waals surface area contributed by atoms with Gasteiger partial charge in [-0.3, -0.25) is 4.98 Å². The number of benzene rings is 1. The summed E-state index contributed by atoms with van der Waals surface area (Å²) in [6.07, 6.45) is 2.27. The molecule has 0 aliphatic heterocycles. The largest absolute Gasteiger partial charge is 0.311 e. The molecule has 0 saturated carbocycles. The first kappa shape index (κ1) is 12.6. The summed E-state index contributed by atoms with van der Waals surface area (Å²) in [6.45, 7) is 0. The summed E-state index contributed by atoms with van der Waals surface area (Å²) in [7, 11) is 1.82. The Morgan fingerprint density at radius 3 is 2.61 bits per heavy atom. The zero-order valence-corrected chi connectivity index (χ0v) is 10.0. The fourth-order valence-corrected chi connectivity index (χ4v) is 1.84. The summed E-state index contributed by atoms with van der Waals surface area (Å²) < 4.78 is 26.0. The zero-order valence-electron chi connectivity index (χ0n) is 10.0. The van der Waals surface area contributed by atoms with Gasteiger partial charge in [-0.05, 0) is 43.3 Å². The normalized spacial score (nSPS) is 12.4. The van der Waals surface area contributed by atoms with Crippen molar-refractivity contribution in [3.8, 4) is 0 Å². The van der Waals surface area contributed by atoms with E-state index in [1.165, 1.54) is 6.07 Å². The van der Waals surface area contributed by atoms with Gasteiger partial charge in [-0.2, -0.15) is 0 Å². The van der Waals surface area contributed by atoms with Crippen molar-refractivity contribution in [3.63, 3.8) is 0 Å². The molecule has 0 fully saturated rings. The molecule has 2 rings (SSSR count). The maximum Gasteiger partial charge on any atom is 0.159 e. The standard InChI is InChI=1S/C14H14F2N2/c1-17-14(13-4-2-3-7-18-13)9-10-5-6-11(15)12(16)8-10/h2-8,14,17H,9H2,1H3. The number of hydrogen-bond acceptors (Lipinski definition) is 2. The van der Waals surface area contributed by atoms with Crippen LogP contribution in [-0.2, 0) is 6.42 Å². The van der Waals surface area contributed by atoms with Gasteiger partial charge in [0.2, 0.25) is 0 Å². The number of rotatable bonds is 4. The average molecular weight is 248 g/mol. The Hall–Kier alpha value is -1.81. The van der Waals surface area contributed by atoms with Gasteiger partial charge in [0, 0.05) is 6.20 Å². The Morgan fingerprint density at radius 2 is 2.00 bits per heavy atom. The van der Waals surface area contributed by atoms with Gasteiger partial charge < -0.3 is 5.32 Å². The predicted molar refractivity (Wildman–Crippen MR) is 66.1 cm³/mol. The molecule has 4 heteroatoms. The lowest BCUT2D eigenvalue weighted by molar-refractivity contribution is 0.504. The van der Waals surface area contributed by atoms with Crippen molar-refractivity contribution in [2.24, 2.45) is 0 Å². The molecule has 1 N–H and O–H groups in total. The maximum absolute atomic E-state index is 13.1. The Labute approximate surface area is 105 Å². The first-order valence-electron chi connectivity index (χ1n) is 5.73. The van der Waals surface area contributed by atoms with Crippen molar-refractivity contribution in [1.29, 1.82) is 0 Å². The Bertz CT molecular complexity index is 514. The number of nitrogens with one attached hydrogen (secondary N) is 1. The van der Waals surface area contributed by atoms with Gasteiger partial charge >= 0.3 is 0 Å². The molecule has 1 unspecified atom stereocenters. The maximum atomic E-state index is 13.1. The molecule has 0 aliphatic rings. The second-order valence-corrected chi connectivity index (χ2v) is 4.05. The number of hydrogen-bond donors (Lipinski definition) is 1. The summed E-state index contributed by atoms with van der Waals surface area (Å²) in [5.74, 6) is -1.64. The zero-order chi connectivity index (χ0) is 13.0. The summed E-state index contributed by atoms with van der Waals surface area (Å²) in [5.41, 5.74) is 1.61. The topological polar surface area (TPSA) is 24.9 Å². The van der Waals surface area contributed by atoms with Gasteiger partial charge in [-0.15, -0.1) is 0 Å². The van der Waals surface area contributed by atoms with Crippen molar-refractivity contribution in [3.05, 3.63) is 65.5 Å². The first-order valence-corrected chi connectivity index (χ1v) is 5.73. The highest BCUT2D eigenvalue weighted by Gasteiger charge is 2.12. The van der Waals surface area contributed by atoms with Crippen molar-refractivity contribution in [2.75, 3.05) is 7.05 Å². The molecule has 18 heavy (non-hydrogen) atoms. The molecule has 1 atom stereocenters. The Morgan fingerprint density at radius 1 is 1.17 bits per heavy atom. The molecule has 0 spiro atoms. The third-order valence-electron chi connectivity index (χ3n) is 2.82. The molecule has 1 aromatic heterocycles. The number of nitrogens with zero attached hydrogens (tertiary/aromatic N) is 1. The molecule has 2 nitrogen and oxygen atoms in total. The SMILES string of the molecule is CNC(Cc1ccc(F)c(F)c1)c1ccccn1. The second kappa shape index (κ2) is 5.69. The molecule has 0 aliphatic carbocycles. The predicted octanol–water partition coefficient (Wildman–Crippen LogP) is 2.86. The van der Waals surface area contributed by atoms with Crippen LogP contribution in [0.4, 0.5) is 8.78 Å². The van der Waals surface area contributed by atoms with E-state index in [1.807, 2.05) is 25.2 Å². The molecule has 1 heterocycles. The Kier molecular flexibility index (Phi) is 3.99. The van der Waals surface area contributed by atoms with Gasteiger partial charge in [0.1, 0.15) is 0 Å². The van der Waals surface area contributed by atoms with Crippen LogP contribution in [0.25, 0.3) is 0 Å². The number of aromatic nitrogens is 1. The molecule has 1 aromatic carbocycles. The monoisotopic (exact) mass is 248 g/mol. The van der Waals surface area contributed by atoms with E-state index in [2.05, 4.69) is 10.3 Å². The molecular weight excluding hydrogens is 234 g/mol. The molecule has 0 radical (unpaired) electrons. The summed E-state index contributed by atoms with van der Waals surface area (Å²) in [6, 6.07) is 9.59. The van der Waals surface area contributed by atoms with Crippen LogP contribution in [0.5, 0.6) is 0 Å². The average Bonchev–Trinajstić information content (AvgIpc) is 2.41. The van der Waals surface area contributed by atoms with Crippen LogP contribution in [0.2, 0.25) is 0 Å². The smallest absolute Gasteiger partial charge is 0.159 e. The molecule has 0 saturated heterocycles. The van der Waals surface area contributed by atoms with Crippen molar-refractivity contribution in [2.45, 2.75) is 12.5 Å². The van der Waals surface area contributed by atoms with Crippen LogP contribution in [0, 0.1) is 11.6 Å². The van der Waals surface area contributed by atoms with Crippen molar-refractivity contribution < 1.29 is 8.78 Å². The van der Waals surface area contributed by atoms with Crippen molar-refractivity contribution >= 4 is 0 Å². The Balaban J connectivity index is 2.18. The van der Waals surface area contributed by atoms with E-state index < -0.39 is 11.6 Å². The van der Waals surface area contributed by atoms with Crippen molar-refractivity contribution in [1.82, 2.24) is 10.3 Å². The van der Waals surface area contributed by atoms with Crippen LogP contribution in [0.1, 0.15) is 17.3 Å². The lowest BCUT2D eigenvalue weighted by atomic mass is 10.0. The molecule has 94 valence electrons. The highest BCUT2D eigenvalue weighted by molar-refractivity contribution is 5.21. The minimum absolute atomic E-state index is 0.0175. The summed E-state index contributed by atoms with van der Waals surface area (Å²) >= 11 is 0. The van der Waals surface area contributed by atoms with Gasteiger partial charge in [0.05, 0.1) is 11.7 Å². The fraction of sp³-hybridized carbons (Fsp3) is 0.214. The van der Waals surface area contributed by atoms with Crippen LogP contribution < -0.4 is 5.32 Å². The van der Waals surface area contributed by atoms with Gasteiger partial charge in [-0.1, -0.05) is 12.1 Å². The molecule has 0 bridgehead atoms. The second-order valence-electron chi connectivity index (χ2n) is 4.05. The highest BCUT2D eigenvalue weighted by Crippen LogP contribution is 2.17. The number of halogens is 2. The quantitative estimate of drug-likeness (QED) is 0.900. The van der Waals surface area contributed by atoms with Crippen LogP contribution >= 0.6 is 0 Å². The lowest BCUT2D eigenvalue weighted by Gasteiger charge is -2.15. The van der Waals surface area contributed by atoms with Gasteiger partial charge in [-0.25, -0.2) is 8.78 Å². The highest BCUT2D eigenvalue weighted by atomic mass is 19.2.